The molecule has 0 bridgehead atoms. The van der Waals surface area contributed by atoms with E-state index >= 15 is 0 Å². The number of aliphatic hydroxyl groups excluding tert-OH is 1. The molecule has 3 nitrogen and oxygen atoms in total. The lowest BCUT2D eigenvalue weighted by molar-refractivity contribution is 0.126. The van der Waals surface area contributed by atoms with Crippen molar-refractivity contribution in [1.29, 1.82) is 0 Å². The fourth-order valence-corrected chi connectivity index (χ4v) is 2.15. The second kappa shape index (κ2) is 7.27. The summed E-state index contributed by atoms with van der Waals surface area (Å²) in [6.45, 7) is 13.8. The quantitative estimate of drug-likeness (QED) is 0.652. The van der Waals surface area contributed by atoms with Crippen molar-refractivity contribution in [3.05, 3.63) is 12.2 Å². The summed E-state index contributed by atoms with van der Waals surface area (Å²) in [6, 6.07) is 0.725. The van der Waals surface area contributed by atoms with E-state index in [1.54, 1.807) is 0 Å². The molecule has 1 aliphatic carbocycles. The molecule has 0 heterocycles. The Hall–Kier alpha value is -0.380. The van der Waals surface area contributed by atoms with Gasteiger partial charge in [0.15, 0.2) is 0 Å². The van der Waals surface area contributed by atoms with Crippen molar-refractivity contribution >= 4 is 0 Å². The summed E-state index contributed by atoms with van der Waals surface area (Å²) in [6.07, 6.45) is 4.85. The molecule has 0 unspecified atom stereocenters. The molecule has 1 aliphatic rings. The molecule has 0 aromatic carbocycles. The number of hydrogen-bond acceptors (Lipinski definition) is 3. The SMILES string of the molecule is C=C(CNC(C)(C)C)CN(CCCO)C1CCC1. The van der Waals surface area contributed by atoms with E-state index in [-0.39, 0.29) is 12.1 Å². The van der Waals surface area contributed by atoms with Crippen LogP contribution in [0.5, 0.6) is 0 Å². The highest BCUT2D eigenvalue weighted by Gasteiger charge is 2.24. The Bertz CT molecular complexity index is 254. The van der Waals surface area contributed by atoms with Crippen molar-refractivity contribution in [2.45, 2.75) is 58.0 Å². The van der Waals surface area contributed by atoms with Gasteiger partial charge in [0.2, 0.25) is 0 Å². The predicted molar refractivity (Wildman–Crippen MR) is 77.8 cm³/mol. The minimum Gasteiger partial charge on any atom is -0.396 e. The van der Waals surface area contributed by atoms with Gasteiger partial charge in [-0.1, -0.05) is 13.0 Å². The molecule has 2 N–H and O–H groups in total. The highest BCUT2D eigenvalue weighted by molar-refractivity contribution is 5.02. The second-order valence-corrected chi connectivity index (χ2v) is 6.49. The van der Waals surface area contributed by atoms with Crippen LogP contribution in [0.2, 0.25) is 0 Å². The Morgan fingerprint density at radius 2 is 2.06 bits per heavy atom. The van der Waals surface area contributed by atoms with Gasteiger partial charge in [-0.25, -0.2) is 0 Å². The molecule has 0 atom stereocenters. The summed E-state index contributed by atoms with van der Waals surface area (Å²) in [5, 5.41) is 12.5. The topological polar surface area (TPSA) is 35.5 Å². The van der Waals surface area contributed by atoms with Crippen LogP contribution in [-0.4, -0.2) is 47.8 Å². The normalized spacial score (nSPS) is 16.9. The van der Waals surface area contributed by atoms with Crippen LogP contribution < -0.4 is 5.32 Å². The summed E-state index contributed by atoms with van der Waals surface area (Å²) in [5.74, 6) is 0. The molecule has 0 aromatic rings. The molecule has 0 saturated heterocycles. The maximum atomic E-state index is 8.97. The highest BCUT2D eigenvalue weighted by Crippen LogP contribution is 2.25. The van der Waals surface area contributed by atoms with Gasteiger partial charge in [-0.15, -0.1) is 0 Å². The summed E-state index contributed by atoms with van der Waals surface area (Å²) < 4.78 is 0. The average Bonchev–Trinajstić information content (AvgIpc) is 2.19. The Morgan fingerprint density at radius 3 is 2.50 bits per heavy atom. The minimum absolute atomic E-state index is 0.148. The van der Waals surface area contributed by atoms with Crippen molar-refractivity contribution < 1.29 is 5.11 Å². The number of rotatable bonds is 8. The van der Waals surface area contributed by atoms with Gasteiger partial charge in [0.05, 0.1) is 0 Å². The van der Waals surface area contributed by atoms with Crippen LogP contribution in [0.25, 0.3) is 0 Å². The van der Waals surface area contributed by atoms with E-state index in [4.69, 9.17) is 5.11 Å². The summed E-state index contributed by atoms with van der Waals surface area (Å²) in [4.78, 5) is 2.49. The molecule has 0 aromatic heterocycles. The van der Waals surface area contributed by atoms with Crippen molar-refractivity contribution in [2.24, 2.45) is 0 Å². The van der Waals surface area contributed by atoms with Crippen molar-refractivity contribution in [3.63, 3.8) is 0 Å². The average molecular weight is 254 g/mol. The molecule has 18 heavy (non-hydrogen) atoms. The lowest BCUT2D eigenvalue weighted by atomic mass is 9.91. The lowest BCUT2D eigenvalue weighted by Crippen LogP contribution is -2.44. The third kappa shape index (κ3) is 5.98. The van der Waals surface area contributed by atoms with Gasteiger partial charge >= 0.3 is 0 Å². The third-order valence-corrected chi connectivity index (χ3v) is 3.49. The largest absolute Gasteiger partial charge is 0.396 e. The van der Waals surface area contributed by atoms with Gasteiger partial charge in [-0.2, -0.15) is 0 Å². The molecule has 1 saturated carbocycles. The first-order valence-corrected chi connectivity index (χ1v) is 7.19. The van der Waals surface area contributed by atoms with Crippen LogP contribution in [0, 0.1) is 0 Å². The van der Waals surface area contributed by atoms with Crippen LogP contribution in [0.4, 0.5) is 0 Å². The van der Waals surface area contributed by atoms with E-state index in [1.807, 2.05) is 0 Å². The maximum absolute atomic E-state index is 8.97. The van der Waals surface area contributed by atoms with E-state index in [2.05, 4.69) is 37.6 Å². The number of nitrogens with zero attached hydrogens (tertiary/aromatic N) is 1. The van der Waals surface area contributed by atoms with Crippen molar-refractivity contribution in [1.82, 2.24) is 10.2 Å². The molecule has 0 radical (unpaired) electrons. The fourth-order valence-electron chi connectivity index (χ4n) is 2.15. The van der Waals surface area contributed by atoms with Crippen LogP contribution >= 0.6 is 0 Å². The molecule has 0 spiro atoms. The van der Waals surface area contributed by atoms with Gasteiger partial charge in [0, 0.05) is 37.8 Å². The molecule has 0 aliphatic heterocycles. The van der Waals surface area contributed by atoms with Gasteiger partial charge in [-0.3, -0.25) is 4.90 Å². The third-order valence-electron chi connectivity index (χ3n) is 3.49. The molecule has 3 heteroatoms. The molecule has 1 rings (SSSR count). The minimum atomic E-state index is 0.148. The Kier molecular flexibility index (Phi) is 6.33. The first-order valence-electron chi connectivity index (χ1n) is 7.19. The summed E-state index contributed by atoms with van der Waals surface area (Å²) in [5.41, 5.74) is 1.39. The molecule has 0 amide bonds. The number of hydrogen-bond donors (Lipinski definition) is 2. The molecule has 1 fully saturated rings. The standard InChI is InChI=1S/C15H30N2O/c1-13(11-16-15(2,3)4)12-17(9-6-10-18)14-7-5-8-14/h14,16,18H,1,5-12H2,2-4H3. The zero-order chi connectivity index (χ0) is 13.6. The van der Waals surface area contributed by atoms with Crippen LogP contribution in [0.1, 0.15) is 46.5 Å². The van der Waals surface area contributed by atoms with E-state index < -0.39 is 0 Å². The number of nitrogens with one attached hydrogen (secondary N) is 1. The lowest BCUT2D eigenvalue weighted by Gasteiger charge is -2.38. The monoisotopic (exact) mass is 254 g/mol. The van der Waals surface area contributed by atoms with E-state index in [0.29, 0.717) is 0 Å². The van der Waals surface area contributed by atoms with Crippen LogP contribution in [0.15, 0.2) is 12.2 Å². The van der Waals surface area contributed by atoms with Crippen LogP contribution in [0.3, 0.4) is 0 Å². The Labute approximate surface area is 112 Å². The second-order valence-electron chi connectivity index (χ2n) is 6.49. The predicted octanol–water partition coefficient (Wildman–Crippen LogP) is 2.17. The van der Waals surface area contributed by atoms with Gasteiger partial charge in [0.1, 0.15) is 0 Å². The Morgan fingerprint density at radius 1 is 1.39 bits per heavy atom. The summed E-state index contributed by atoms with van der Waals surface area (Å²) in [7, 11) is 0. The van der Waals surface area contributed by atoms with Crippen molar-refractivity contribution in [3.8, 4) is 0 Å². The fraction of sp³-hybridized carbons (Fsp3) is 0.867. The maximum Gasteiger partial charge on any atom is 0.0443 e. The summed E-state index contributed by atoms with van der Waals surface area (Å²) >= 11 is 0. The van der Waals surface area contributed by atoms with Crippen LogP contribution in [-0.2, 0) is 0 Å². The Balaban J connectivity index is 2.32. The van der Waals surface area contributed by atoms with Gasteiger partial charge in [0.25, 0.3) is 0 Å². The molecular weight excluding hydrogens is 224 g/mol. The van der Waals surface area contributed by atoms with Gasteiger partial charge in [-0.05, 0) is 45.6 Å². The smallest absolute Gasteiger partial charge is 0.0443 e. The number of aliphatic hydroxyl groups is 1. The van der Waals surface area contributed by atoms with E-state index in [9.17, 15) is 0 Å². The van der Waals surface area contributed by atoms with E-state index in [0.717, 1.165) is 32.1 Å². The first kappa shape index (κ1) is 15.7. The first-order chi connectivity index (χ1) is 8.42. The molecule has 106 valence electrons. The van der Waals surface area contributed by atoms with E-state index in [1.165, 1.54) is 24.8 Å². The zero-order valence-electron chi connectivity index (χ0n) is 12.3. The molecular formula is C15H30N2O. The zero-order valence-corrected chi connectivity index (χ0v) is 12.3. The highest BCUT2D eigenvalue weighted by atomic mass is 16.3. The van der Waals surface area contributed by atoms with Crippen molar-refractivity contribution in [2.75, 3.05) is 26.2 Å². The van der Waals surface area contributed by atoms with Gasteiger partial charge < -0.3 is 10.4 Å².